The third kappa shape index (κ3) is 5.20. The van der Waals surface area contributed by atoms with Crippen LogP contribution in [-0.4, -0.2) is 41.9 Å². The molecule has 0 unspecified atom stereocenters. The number of rotatable bonds is 7. The van der Waals surface area contributed by atoms with Crippen LogP contribution in [0.4, 0.5) is 5.69 Å². The SMILES string of the molecule is Cc1ccc(COc2cncc(N3CCO[C@H](CCC(=O)O)C3)c2)cc1. The maximum absolute atomic E-state index is 10.7. The molecular formula is C20H24N2O4. The molecule has 26 heavy (non-hydrogen) atoms. The normalized spacial score (nSPS) is 17.1. The summed E-state index contributed by atoms with van der Waals surface area (Å²) in [7, 11) is 0. The minimum atomic E-state index is -0.793. The van der Waals surface area contributed by atoms with Gasteiger partial charge in [0, 0.05) is 25.6 Å². The van der Waals surface area contributed by atoms with E-state index in [1.54, 1.807) is 12.4 Å². The number of anilines is 1. The van der Waals surface area contributed by atoms with Gasteiger partial charge in [0.2, 0.25) is 0 Å². The molecule has 2 heterocycles. The number of benzene rings is 1. The molecule has 0 radical (unpaired) electrons. The first-order chi connectivity index (χ1) is 12.6. The molecule has 0 aliphatic carbocycles. The van der Waals surface area contributed by atoms with Crippen molar-refractivity contribution in [3.63, 3.8) is 0 Å². The van der Waals surface area contributed by atoms with Gasteiger partial charge in [-0.05, 0) is 18.9 Å². The van der Waals surface area contributed by atoms with Crippen LogP contribution in [0.5, 0.6) is 5.75 Å². The fraction of sp³-hybridized carbons (Fsp3) is 0.400. The molecule has 0 bridgehead atoms. The lowest BCUT2D eigenvalue weighted by Gasteiger charge is -2.34. The first-order valence-corrected chi connectivity index (χ1v) is 8.82. The lowest BCUT2D eigenvalue weighted by molar-refractivity contribution is -0.137. The van der Waals surface area contributed by atoms with Gasteiger partial charge >= 0.3 is 5.97 Å². The average molecular weight is 356 g/mol. The molecule has 6 heteroatoms. The highest BCUT2D eigenvalue weighted by Crippen LogP contribution is 2.23. The van der Waals surface area contributed by atoms with Crippen molar-refractivity contribution in [2.75, 3.05) is 24.6 Å². The van der Waals surface area contributed by atoms with Gasteiger partial charge in [0.15, 0.2) is 0 Å². The summed E-state index contributed by atoms with van der Waals surface area (Å²) < 4.78 is 11.5. The van der Waals surface area contributed by atoms with Crippen LogP contribution in [0, 0.1) is 6.92 Å². The van der Waals surface area contributed by atoms with Crippen molar-refractivity contribution in [3.8, 4) is 5.75 Å². The van der Waals surface area contributed by atoms with Crippen LogP contribution >= 0.6 is 0 Å². The number of carboxylic acid groups (broad SMARTS) is 1. The van der Waals surface area contributed by atoms with Crippen molar-refractivity contribution in [1.29, 1.82) is 0 Å². The maximum Gasteiger partial charge on any atom is 0.303 e. The predicted octanol–water partition coefficient (Wildman–Crippen LogP) is 3.04. The molecule has 3 rings (SSSR count). The summed E-state index contributed by atoms with van der Waals surface area (Å²) in [5.41, 5.74) is 3.30. The summed E-state index contributed by atoms with van der Waals surface area (Å²) in [4.78, 5) is 17.2. The Bertz CT molecular complexity index is 733. The Morgan fingerprint density at radius 3 is 2.92 bits per heavy atom. The molecule has 1 aliphatic heterocycles. The van der Waals surface area contributed by atoms with E-state index in [4.69, 9.17) is 14.6 Å². The van der Waals surface area contributed by atoms with E-state index in [0.717, 1.165) is 23.5 Å². The number of aryl methyl sites for hydroxylation is 1. The van der Waals surface area contributed by atoms with Gasteiger partial charge in [-0.25, -0.2) is 0 Å². The number of nitrogens with zero attached hydrogens (tertiary/aromatic N) is 2. The lowest BCUT2D eigenvalue weighted by atomic mass is 10.1. The number of morpholine rings is 1. The van der Waals surface area contributed by atoms with Gasteiger partial charge in [0.25, 0.3) is 0 Å². The van der Waals surface area contributed by atoms with Crippen LogP contribution in [-0.2, 0) is 16.1 Å². The summed E-state index contributed by atoms with van der Waals surface area (Å²) in [5, 5.41) is 8.84. The van der Waals surface area contributed by atoms with Crippen LogP contribution in [0.2, 0.25) is 0 Å². The van der Waals surface area contributed by atoms with Crippen LogP contribution in [0.25, 0.3) is 0 Å². The quantitative estimate of drug-likeness (QED) is 0.822. The van der Waals surface area contributed by atoms with E-state index in [9.17, 15) is 4.79 Å². The summed E-state index contributed by atoms with van der Waals surface area (Å²) in [6.45, 7) is 4.56. The number of pyridine rings is 1. The van der Waals surface area contributed by atoms with Crippen LogP contribution in [0.1, 0.15) is 24.0 Å². The molecule has 2 aromatic rings. The minimum Gasteiger partial charge on any atom is -0.487 e. The van der Waals surface area contributed by atoms with Gasteiger partial charge in [-0.1, -0.05) is 29.8 Å². The van der Waals surface area contributed by atoms with Gasteiger partial charge in [0.1, 0.15) is 12.4 Å². The van der Waals surface area contributed by atoms with E-state index in [0.29, 0.717) is 26.2 Å². The summed E-state index contributed by atoms with van der Waals surface area (Å²) in [6, 6.07) is 10.2. The molecule has 0 saturated carbocycles. The zero-order chi connectivity index (χ0) is 18.4. The van der Waals surface area contributed by atoms with Gasteiger partial charge in [-0.15, -0.1) is 0 Å². The first-order valence-electron chi connectivity index (χ1n) is 8.82. The van der Waals surface area contributed by atoms with Crippen molar-refractivity contribution in [2.24, 2.45) is 0 Å². The van der Waals surface area contributed by atoms with E-state index in [1.807, 2.05) is 6.07 Å². The van der Waals surface area contributed by atoms with E-state index < -0.39 is 5.97 Å². The third-order valence-corrected chi connectivity index (χ3v) is 4.41. The monoisotopic (exact) mass is 356 g/mol. The van der Waals surface area contributed by atoms with Crippen molar-refractivity contribution in [3.05, 3.63) is 53.9 Å². The number of carboxylic acids is 1. The zero-order valence-electron chi connectivity index (χ0n) is 14.9. The van der Waals surface area contributed by atoms with Gasteiger partial charge < -0.3 is 19.5 Å². The number of carbonyl (C=O) groups is 1. The Balaban J connectivity index is 1.59. The number of hydrogen-bond acceptors (Lipinski definition) is 5. The summed E-state index contributed by atoms with van der Waals surface area (Å²) >= 11 is 0. The Hall–Kier alpha value is -2.60. The van der Waals surface area contributed by atoms with Crippen LogP contribution in [0.15, 0.2) is 42.7 Å². The molecule has 1 aromatic heterocycles. The highest BCUT2D eigenvalue weighted by Gasteiger charge is 2.22. The number of aliphatic carboxylic acids is 1. The highest BCUT2D eigenvalue weighted by molar-refractivity contribution is 5.66. The Labute approximate surface area is 153 Å². The molecule has 0 amide bonds. The maximum atomic E-state index is 10.7. The van der Waals surface area contributed by atoms with E-state index in [1.165, 1.54) is 5.56 Å². The molecule has 1 aliphatic rings. The van der Waals surface area contributed by atoms with Crippen molar-refractivity contribution < 1.29 is 19.4 Å². The standard InChI is InChI=1S/C20H24N2O4/c1-15-2-4-16(5-3-15)14-26-19-10-17(11-21-12-19)22-8-9-25-18(13-22)6-7-20(23)24/h2-5,10-12,18H,6-9,13-14H2,1H3,(H,23,24)/t18-/m1/s1. The first kappa shape index (κ1) is 18.2. The van der Waals surface area contributed by atoms with E-state index in [2.05, 4.69) is 41.1 Å². The molecule has 0 spiro atoms. The van der Waals surface area contributed by atoms with Crippen molar-refractivity contribution in [1.82, 2.24) is 4.98 Å². The van der Waals surface area contributed by atoms with Gasteiger partial charge in [-0.2, -0.15) is 0 Å². The predicted molar refractivity (Wildman–Crippen MR) is 98.6 cm³/mol. The zero-order valence-corrected chi connectivity index (χ0v) is 14.9. The second kappa shape index (κ2) is 8.67. The van der Waals surface area contributed by atoms with Gasteiger partial charge in [0.05, 0.1) is 30.8 Å². The number of ether oxygens (including phenoxy) is 2. The molecule has 1 N–H and O–H groups in total. The van der Waals surface area contributed by atoms with Crippen molar-refractivity contribution >= 4 is 11.7 Å². The molecule has 1 atom stereocenters. The number of hydrogen-bond donors (Lipinski definition) is 1. The van der Waals surface area contributed by atoms with Gasteiger partial charge in [-0.3, -0.25) is 9.78 Å². The molecule has 6 nitrogen and oxygen atoms in total. The smallest absolute Gasteiger partial charge is 0.303 e. The molecule has 138 valence electrons. The Morgan fingerprint density at radius 1 is 1.35 bits per heavy atom. The fourth-order valence-electron chi connectivity index (χ4n) is 2.92. The van der Waals surface area contributed by atoms with Crippen molar-refractivity contribution in [2.45, 2.75) is 32.5 Å². The van der Waals surface area contributed by atoms with Crippen LogP contribution in [0.3, 0.4) is 0 Å². The molecule has 1 saturated heterocycles. The topological polar surface area (TPSA) is 71.9 Å². The molecule has 1 aromatic carbocycles. The minimum absolute atomic E-state index is 0.0722. The highest BCUT2D eigenvalue weighted by atomic mass is 16.5. The second-order valence-corrected chi connectivity index (χ2v) is 6.52. The van der Waals surface area contributed by atoms with Crippen LogP contribution < -0.4 is 9.64 Å². The molecule has 1 fully saturated rings. The Kier molecular flexibility index (Phi) is 6.07. The summed E-state index contributed by atoms with van der Waals surface area (Å²) in [6.07, 6.45) is 4.08. The summed E-state index contributed by atoms with van der Waals surface area (Å²) in [5.74, 6) is -0.0736. The largest absolute Gasteiger partial charge is 0.487 e. The average Bonchev–Trinajstić information content (AvgIpc) is 2.66. The molecular weight excluding hydrogens is 332 g/mol. The lowest BCUT2D eigenvalue weighted by Crippen LogP contribution is -2.42. The Morgan fingerprint density at radius 2 is 2.15 bits per heavy atom. The number of aromatic nitrogens is 1. The fourth-order valence-corrected chi connectivity index (χ4v) is 2.92. The van der Waals surface area contributed by atoms with E-state index >= 15 is 0 Å². The second-order valence-electron chi connectivity index (χ2n) is 6.52. The third-order valence-electron chi connectivity index (χ3n) is 4.41. The van der Waals surface area contributed by atoms with E-state index in [-0.39, 0.29) is 12.5 Å².